The molecule has 0 aliphatic heterocycles. The first-order valence-electron chi connectivity index (χ1n) is 8.02. The third-order valence-electron chi connectivity index (χ3n) is 3.46. The Morgan fingerprint density at radius 1 is 1.09 bits per heavy atom. The van der Waals surface area contributed by atoms with E-state index in [0.717, 1.165) is 25.7 Å². The Bertz CT molecular complexity index is 471. The minimum absolute atomic E-state index is 0.0927. The van der Waals surface area contributed by atoms with Gasteiger partial charge in [-0.2, -0.15) is 0 Å². The van der Waals surface area contributed by atoms with Gasteiger partial charge in [-0.3, -0.25) is 4.79 Å². The Hall–Kier alpha value is -2.04. The lowest BCUT2D eigenvalue weighted by Gasteiger charge is -2.12. The maximum Gasteiger partial charge on any atom is 0.319 e. The van der Waals surface area contributed by atoms with Crippen LogP contribution in [0.25, 0.3) is 0 Å². The van der Waals surface area contributed by atoms with Crippen LogP contribution in [-0.2, 0) is 0 Å². The molecule has 122 valence electrons. The van der Waals surface area contributed by atoms with Crippen molar-refractivity contribution in [3.8, 4) is 0 Å². The van der Waals surface area contributed by atoms with E-state index in [0.29, 0.717) is 17.8 Å². The molecule has 0 saturated carbocycles. The minimum atomic E-state index is -0.215. The number of hydrogen-bond donors (Lipinski definition) is 3. The molecule has 0 heterocycles. The van der Waals surface area contributed by atoms with Gasteiger partial charge in [0.1, 0.15) is 0 Å². The Balaban J connectivity index is 2.44. The molecule has 5 nitrogen and oxygen atoms in total. The maximum absolute atomic E-state index is 11.9. The highest BCUT2D eigenvalue weighted by Gasteiger charge is 2.08. The van der Waals surface area contributed by atoms with Crippen molar-refractivity contribution in [2.75, 3.05) is 11.9 Å². The molecule has 0 radical (unpaired) electrons. The summed E-state index contributed by atoms with van der Waals surface area (Å²) in [5, 5.41) is 8.47. The van der Waals surface area contributed by atoms with Crippen LogP contribution >= 0.6 is 0 Å². The van der Waals surface area contributed by atoms with E-state index >= 15 is 0 Å². The van der Waals surface area contributed by atoms with Crippen LogP contribution in [0.4, 0.5) is 10.5 Å². The van der Waals surface area contributed by atoms with Gasteiger partial charge >= 0.3 is 6.03 Å². The molecule has 1 aromatic carbocycles. The van der Waals surface area contributed by atoms with E-state index in [-0.39, 0.29) is 18.0 Å². The maximum atomic E-state index is 11.9. The van der Waals surface area contributed by atoms with Gasteiger partial charge in [0, 0.05) is 23.8 Å². The molecule has 22 heavy (non-hydrogen) atoms. The number of rotatable bonds is 8. The number of amides is 3. The predicted octanol–water partition coefficient (Wildman–Crippen LogP) is 3.53. The van der Waals surface area contributed by atoms with Gasteiger partial charge in [-0.25, -0.2) is 4.79 Å². The second kappa shape index (κ2) is 9.82. The quantitative estimate of drug-likeness (QED) is 0.643. The first-order chi connectivity index (χ1) is 10.6. The molecular weight excluding hydrogens is 278 g/mol. The SMILES string of the molecule is CCCCCNC(=O)Nc1ccc(C(=O)NC(C)CC)cc1. The first kappa shape index (κ1) is 18.0. The zero-order chi connectivity index (χ0) is 16.4. The molecule has 5 heteroatoms. The summed E-state index contributed by atoms with van der Waals surface area (Å²) in [4.78, 5) is 23.6. The van der Waals surface area contributed by atoms with Crippen molar-refractivity contribution in [2.24, 2.45) is 0 Å². The van der Waals surface area contributed by atoms with Gasteiger partial charge in [0.05, 0.1) is 0 Å². The van der Waals surface area contributed by atoms with Crippen LogP contribution in [0.2, 0.25) is 0 Å². The third kappa shape index (κ3) is 6.61. The highest BCUT2D eigenvalue weighted by atomic mass is 16.2. The fraction of sp³-hybridized carbons (Fsp3) is 0.529. The molecule has 1 unspecified atom stereocenters. The second-order valence-corrected chi connectivity index (χ2v) is 5.45. The van der Waals surface area contributed by atoms with Crippen LogP contribution in [0.3, 0.4) is 0 Å². The zero-order valence-electron chi connectivity index (χ0n) is 13.7. The second-order valence-electron chi connectivity index (χ2n) is 5.45. The van der Waals surface area contributed by atoms with Crippen molar-refractivity contribution >= 4 is 17.6 Å². The molecule has 0 aromatic heterocycles. The molecule has 1 rings (SSSR count). The van der Waals surface area contributed by atoms with Crippen LogP contribution in [0, 0.1) is 0 Å². The topological polar surface area (TPSA) is 70.2 Å². The Morgan fingerprint density at radius 2 is 1.77 bits per heavy atom. The Kier molecular flexibility index (Phi) is 8.04. The highest BCUT2D eigenvalue weighted by Crippen LogP contribution is 2.10. The summed E-state index contributed by atoms with van der Waals surface area (Å²) in [7, 11) is 0. The third-order valence-corrected chi connectivity index (χ3v) is 3.46. The van der Waals surface area contributed by atoms with E-state index in [1.165, 1.54) is 0 Å². The summed E-state index contributed by atoms with van der Waals surface area (Å²) in [6.07, 6.45) is 4.12. The lowest BCUT2D eigenvalue weighted by Crippen LogP contribution is -2.32. The van der Waals surface area contributed by atoms with Gasteiger partial charge in [0.2, 0.25) is 0 Å². The van der Waals surface area contributed by atoms with E-state index in [4.69, 9.17) is 0 Å². The van der Waals surface area contributed by atoms with Crippen LogP contribution in [0.1, 0.15) is 56.8 Å². The van der Waals surface area contributed by atoms with Gasteiger partial charge in [-0.15, -0.1) is 0 Å². The molecule has 0 fully saturated rings. The molecule has 1 aromatic rings. The number of urea groups is 1. The monoisotopic (exact) mass is 305 g/mol. The van der Waals surface area contributed by atoms with E-state index in [9.17, 15) is 9.59 Å². The predicted molar refractivity (Wildman–Crippen MR) is 90.2 cm³/mol. The number of anilines is 1. The van der Waals surface area contributed by atoms with Gasteiger partial charge in [-0.05, 0) is 44.0 Å². The van der Waals surface area contributed by atoms with E-state index in [2.05, 4.69) is 22.9 Å². The van der Waals surface area contributed by atoms with Crippen LogP contribution in [0.15, 0.2) is 24.3 Å². The number of carbonyl (C=O) groups excluding carboxylic acids is 2. The first-order valence-corrected chi connectivity index (χ1v) is 8.02. The van der Waals surface area contributed by atoms with Gasteiger partial charge in [-0.1, -0.05) is 26.7 Å². The van der Waals surface area contributed by atoms with Crippen LogP contribution in [-0.4, -0.2) is 24.5 Å². The molecule has 0 aliphatic rings. The number of hydrogen-bond acceptors (Lipinski definition) is 2. The van der Waals surface area contributed by atoms with E-state index in [1.807, 2.05) is 13.8 Å². The normalized spacial score (nSPS) is 11.6. The molecular formula is C17H27N3O2. The van der Waals surface area contributed by atoms with Gasteiger partial charge < -0.3 is 16.0 Å². The molecule has 1 atom stereocenters. The van der Waals surface area contributed by atoms with Crippen molar-refractivity contribution in [3.63, 3.8) is 0 Å². The average Bonchev–Trinajstić information content (AvgIpc) is 2.52. The van der Waals surface area contributed by atoms with Gasteiger partial charge in [0.25, 0.3) is 5.91 Å². The van der Waals surface area contributed by atoms with Crippen LogP contribution in [0.5, 0.6) is 0 Å². The van der Waals surface area contributed by atoms with Crippen molar-refractivity contribution in [3.05, 3.63) is 29.8 Å². The number of unbranched alkanes of at least 4 members (excludes halogenated alkanes) is 2. The average molecular weight is 305 g/mol. The fourth-order valence-electron chi connectivity index (χ4n) is 1.87. The van der Waals surface area contributed by atoms with Crippen LogP contribution < -0.4 is 16.0 Å². The summed E-state index contributed by atoms with van der Waals surface area (Å²) in [5.41, 5.74) is 1.27. The van der Waals surface area contributed by atoms with Crippen molar-refractivity contribution in [2.45, 2.75) is 52.5 Å². The summed E-state index contributed by atoms with van der Waals surface area (Å²) >= 11 is 0. The van der Waals surface area contributed by atoms with E-state index in [1.54, 1.807) is 24.3 Å². The molecule has 0 saturated heterocycles. The Morgan fingerprint density at radius 3 is 2.36 bits per heavy atom. The largest absolute Gasteiger partial charge is 0.350 e. The van der Waals surface area contributed by atoms with Crippen molar-refractivity contribution in [1.29, 1.82) is 0 Å². The van der Waals surface area contributed by atoms with Gasteiger partial charge in [0.15, 0.2) is 0 Å². The Labute approximate surface area is 132 Å². The molecule has 0 bridgehead atoms. The summed E-state index contributed by atoms with van der Waals surface area (Å²) in [6, 6.07) is 6.83. The number of benzene rings is 1. The molecule has 3 N–H and O–H groups in total. The highest BCUT2D eigenvalue weighted by molar-refractivity contribution is 5.95. The molecule has 3 amide bonds. The lowest BCUT2D eigenvalue weighted by atomic mass is 10.1. The lowest BCUT2D eigenvalue weighted by molar-refractivity contribution is 0.0939. The standard InChI is InChI=1S/C17H27N3O2/c1-4-6-7-12-18-17(22)20-15-10-8-14(9-11-15)16(21)19-13(3)5-2/h8-11,13H,4-7,12H2,1-3H3,(H,19,21)(H2,18,20,22). The smallest absolute Gasteiger partial charge is 0.319 e. The molecule has 0 aliphatic carbocycles. The van der Waals surface area contributed by atoms with Crippen molar-refractivity contribution < 1.29 is 9.59 Å². The minimum Gasteiger partial charge on any atom is -0.350 e. The number of carbonyl (C=O) groups is 2. The summed E-state index contributed by atoms with van der Waals surface area (Å²) < 4.78 is 0. The summed E-state index contributed by atoms with van der Waals surface area (Å²) in [6.45, 7) is 6.79. The van der Waals surface area contributed by atoms with Crippen molar-refractivity contribution in [1.82, 2.24) is 10.6 Å². The molecule has 0 spiro atoms. The fourth-order valence-corrected chi connectivity index (χ4v) is 1.87. The zero-order valence-corrected chi connectivity index (χ0v) is 13.7. The summed E-state index contributed by atoms with van der Waals surface area (Å²) in [5.74, 6) is -0.0927. The van der Waals surface area contributed by atoms with E-state index < -0.39 is 0 Å². The number of nitrogens with one attached hydrogen (secondary N) is 3.